The highest BCUT2D eigenvalue weighted by atomic mass is 16.6. The van der Waals surface area contributed by atoms with E-state index in [4.69, 9.17) is 57.2 Å². The number of rotatable bonds is 48. The van der Waals surface area contributed by atoms with Crippen molar-refractivity contribution in [1.82, 2.24) is 0 Å². The van der Waals surface area contributed by atoms with E-state index in [0.29, 0.717) is 132 Å². The molecular weight excluding hydrogens is 676 g/mol. The molecule has 0 bridgehead atoms. The van der Waals surface area contributed by atoms with Gasteiger partial charge < -0.3 is 57.2 Å². The summed E-state index contributed by atoms with van der Waals surface area (Å²) in [5, 5.41) is 8.50. The van der Waals surface area contributed by atoms with Crippen molar-refractivity contribution in [2.24, 2.45) is 0 Å². The molecule has 0 radical (unpaired) electrons. The molecular formula is C39H78O13. The molecule has 0 aliphatic heterocycles. The summed E-state index contributed by atoms with van der Waals surface area (Å²) in [6.45, 7) is 13.4. The lowest BCUT2D eigenvalue weighted by Gasteiger charge is -2.09. The first-order valence-corrected chi connectivity index (χ1v) is 20.3. The van der Waals surface area contributed by atoms with Gasteiger partial charge in [-0.1, -0.05) is 90.4 Å². The van der Waals surface area contributed by atoms with Crippen LogP contribution in [0.15, 0.2) is 0 Å². The van der Waals surface area contributed by atoms with Gasteiger partial charge in [-0.3, -0.25) is 4.79 Å². The van der Waals surface area contributed by atoms with Crippen molar-refractivity contribution in [2.75, 3.05) is 145 Å². The molecule has 0 atom stereocenters. The van der Waals surface area contributed by atoms with Crippen molar-refractivity contribution in [3.63, 3.8) is 0 Å². The van der Waals surface area contributed by atoms with Crippen molar-refractivity contribution >= 4 is 5.97 Å². The van der Waals surface area contributed by atoms with E-state index in [2.05, 4.69) is 6.92 Å². The summed E-state index contributed by atoms with van der Waals surface area (Å²) >= 11 is 0. The van der Waals surface area contributed by atoms with Crippen LogP contribution in [0.5, 0.6) is 0 Å². The Balaban J connectivity index is 3.05. The smallest absolute Gasteiger partial charge is 0.305 e. The predicted molar refractivity (Wildman–Crippen MR) is 202 cm³/mol. The van der Waals surface area contributed by atoms with E-state index < -0.39 is 5.97 Å². The van der Waals surface area contributed by atoms with Crippen LogP contribution in [0.4, 0.5) is 0 Å². The van der Waals surface area contributed by atoms with E-state index in [1.165, 1.54) is 83.5 Å². The summed E-state index contributed by atoms with van der Waals surface area (Å²) in [6, 6.07) is 0. The van der Waals surface area contributed by atoms with Gasteiger partial charge in [0, 0.05) is 6.61 Å². The van der Waals surface area contributed by atoms with Crippen LogP contribution in [0, 0.1) is 0 Å². The maximum absolute atomic E-state index is 10.3. The Morgan fingerprint density at radius 2 is 0.481 bits per heavy atom. The fourth-order valence-corrected chi connectivity index (χ4v) is 4.86. The van der Waals surface area contributed by atoms with Gasteiger partial charge in [0.05, 0.1) is 145 Å². The number of hydrogen-bond donors (Lipinski definition) is 1. The Kier molecular flexibility index (Phi) is 47.2. The van der Waals surface area contributed by atoms with Crippen LogP contribution in [0.25, 0.3) is 0 Å². The van der Waals surface area contributed by atoms with Crippen LogP contribution >= 0.6 is 0 Å². The van der Waals surface area contributed by atoms with Crippen molar-refractivity contribution in [3.05, 3.63) is 0 Å². The number of carboxylic acids is 1. The van der Waals surface area contributed by atoms with E-state index in [9.17, 15) is 4.79 Å². The van der Waals surface area contributed by atoms with E-state index >= 15 is 0 Å². The Bertz CT molecular complexity index is 660. The summed E-state index contributed by atoms with van der Waals surface area (Å²) in [7, 11) is 0. The highest BCUT2D eigenvalue weighted by molar-refractivity contribution is 5.66. The van der Waals surface area contributed by atoms with Crippen LogP contribution in [0.3, 0.4) is 0 Å². The van der Waals surface area contributed by atoms with E-state index in [-0.39, 0.29) is 13.0 Å². The molecule has 0 rings (SSSR count). The summed E-state index contributed by atoms with van der Waals surface area (Å²) in [4.78, 5) is 10.3. The molecule has 0 aliphatic carbocycles. The number of unbranched alkanes of at least 4 members (excludes halogenated alkanes) is 13. The van der Waals surface area contributed by atoms with E-state index in [0.717, 1.165) is 13.0 Å². The monoisotopic (exact) mass is 755 g/mol. The lowest BCUT2D eigenvalue weighted by molar-refractivity contribution is -0.138. The molecule has 0 fully saturated rings. The molecule has 0 aliphatic rings. The lowest BCUT2D eigenvalue weighted by Crippen LogP contribution is -2.15. The van der Waals surface area contributed by atoms with Crippen molar-refractivity contribution < 1.29 is 62.0 Å². The highest BCUT2D eigenvalue weighted by Crippen LogP contribution is 2.13. The Morgan fingerprint density at radius 3 is 0.712 bits per heavy atom. The minimum absolute atomic E-state index is 0.000785. The molecule has 0 spiro atoms. The number of aliphatic carboxylic acids is 1. The normalized spacial score (nSPS) is 11.6. The minimum atomic E-state index is -0.871. The second kappa shape index (κ2) is 48.0. The van der Waals surface area contributed by atoms with Gasteiger partial charge in [-0.05, 0) is 6.42 Å². The minimum Gasteiger partial charge on any atom is -0.481 e. The van der Waals surface area contributed by atoms with Crippen LogP contribution < -0.4 is 0 Å². The largest absolute Gasteiger partial charge is 0.481 e. The summed E-state index contributed by atoms with van der Waals surface area (Å²) in [6.07, 6.45) is 19.2. The molecule has 52 heavy (non-hydrogen) atoms. The van der Waals surface area contributed by atoms with Gasteiger partial charge in [0.15, 0.2) is 0 Å². The molecule has 0 amide bonds. The topological polar surface area (TPSA) is 139 Å². The molecule has 0 aromatic carbocycles. The van der Waals surface area contributed by atoms with E-state index in [1.807, 2.05) is 0 Å². The highest BCUT2D eigenvalue weighted by Gasteiger charge is 1.99. The SMILES string of the molecule is CCCCCCCCCCCCCCCCOCCOCCOCCOCCOCCOCCOCCOCCOCCOCCOCCC(=O)O. The van der Waals surface area contributed by atoms with Gasteiger partial charge in [0.2, 0.25) is 0 Å². The molecule has 13 heteroatoms. The molecule has 0 aromatic heterocycles. The van der Waals surface area contributed by atoms with Gasteiger partial charge in [-0.2, -0.15) is 0 Å². The third-order valence-electron chi connectivity index (χ3n) is 7.82. The number of hydrogen-bond acceptors (Lipinski definition) is 12. The third kappa shape index (κ3) is 49.0. The van der Waals surface area contributed by atoms with Crippen molar-refractivity contribution in [3.8, 4) is 0 Å². The number of carboxylic acid groups (broad SMARTS) is 1. The first-order chi connectivity index (χ1) is 25.8. The lowest BCUT2D eigenvalue weighted by atomic mass is 10.0. The Morgan fingerprint density at radius 1 is 0.288 bits per heavy atom. The zero-order valence-corrected chi connectivity index (χ0v) is 33.0. The molecule has 0 aromatic rings. The average molecular weight is 755 g/mol. The average Bonchev–Trinajstić information content (AvgIpc) is 3.14. The zero-order valence-electron chi connectivity index (χ0n) is 33.0. The summed E-state index contributed by atoms with van der Waals surface area (Å²) in [5.41, 5.74) is 0. The first kappa shape index (κ1) is 51.0. The Hall–Kier alpha value is -0.970. The molecule has 312 valence electrons. The molecule has 0 unspecified atom stereocenters. The number of carbonyl (C=O) groups is 1. The van der Waals surface area contributed by atoms with Crippen LogP contribution in [-0.2, 0) is 56.9 Å². The Labute approximate surface area is 316 Å². The molecule has 13 nitrogen and oxygen atoms in total. The maximum Gasteiger partial charge on any atom is 0.305 e. The molecule has 1 N–H and O–H groups in total. The van der Waals surface area contributed by atoms with Gasteiger partial charge >= 0.3 is 5.97 Å². The molecule has 0 saturated carbocycles. The quantitative estimate of drug-likeness (QED) is 0.0714. The third-order valence-corrected chi connectivity index (χ3v) is 7.82. The molecule has 0 saturated heterocycles. The van der Waals surface area contributed by atoms with Crippen LogP contribution in [0.2, 0.25) is 0 Å². The first-order valence-electron chi connectivity index (χ1n) is 20.3. The second-order valence-corrected chi connectivity index (χ2v) is 12.5. The van der Waals surface area contributed by atoms with Crippen molar-refractivity contribution in [1.29, 1.82) is 0 Å². The predicted octanol–water partition coefficient (Wildman–Crippen LogP) is 6.13. The summed E-state index contributed by atoms with van der Waals surface area (Å²) in [5.74, 6) is -0.871. The molecule has 0 heterocycles. The zero-order chi connectivity index (χ0) is 37.5. The van der Waals surface area contributed by atoms with Gasteiger partial charge in [0.25, 0.3) is 0 Å². The van der Waals surface area contributed by atoms with Gasteiger partial charge in [-0.15, -0.1) is 0 Å². The summed E-state index contributed by atoms with van der Waals surface area (Å²) < 4.78 is 60.1. The number of ether oxygens (including phenoxy) is 11. The fourth-order valence-electron chi connectivity index (χ4n) is 4.86. The maximum atomic E-state index is 10.3. The van der Waals surface area contributed by atoms with E-state index in [1.54, 1.807) is 0 Å². The standard InChI is InChI=1S/C39H78O13/c1-2-3-4-5-6-7-8-9-10-11-12-13-14-15-17-42-19-21-44-23-25-46-27-29-48-31-33-50-35-37-52-38-36-51-34-32-49-30-28-47-26-24-45-22-20-43-18-16-39(40)41/h2-38H2,1H3,(H,40,41). The van der Waals surface area contributed by atoms with Crippen LogP contribution in [0.1, 0.15) is 103 Å². The second-order valence-electron chi connectivity index (χ2n) is 12.5. The van der Waals surface area contributed by atoms with Crippen molar-refractivity contribution in [2.45, 2.75) is 103 Å². The van der Waals surface area contributed by atoms with Gasteiger partial charge in [-0.25, -0.2) is 0 Å². The van der Waals surface area contributed by atoms with Gasteiger partial charge in [0.1, 0.15) is 0 Å². The fraction of sp³-hybridized carbons (Fsp3) is 0.974. The van der Waals surface area contributed by atoms with Crippen LogP contribution in [-0.4, -0.2) is 156 Å².